The summed E-state index contributed by atoms with van der Waals surface area (Å²) >= 11 is 8.09. The molecule has 2 aliphatic heterocycles. The van der Waals surface area contributed by atoms with E-state index in [2.05, 4.69) is 5.32 Å². The molecule has 0 amide bonds. The van der Waals surface area contributed by atoms with Gasteiger partial charge in [-0.15, -0.1) is 0 Å². The third-order valence-corrected chi connectivity index (χ3v) is 5.54. The number of rotatable bonds is 3. The van der Waals surface area contributed by atoms with Crippen molar-refractivity contribution in [1.29, 1.82) is 0 Å². The van der Waals surface area contributed by atoms with Crippen molar-refractivity contribution in [3.05, 3.63) is 23.2 Å². The summed E-state index contributed by atoms with van der Waals surface area (Å²) in [5.41, 5.74) is 1.07. The fourth-order valence-corrected chi connectivity index (χ4v) is 4.58. The zero-order valence-electron chi connectivity index (χ0n) is 11.7. The van der Waals surface area contributed by atoms with Crippen LogP contribution >= 0.6 is 23.4 Å². The minimum atomic E-state index is 0.0897. The topological polar surface area (TPSA) is 30.5 Å². The van der Waals surface area contributed by atoms with Crippen molar-refractivity contribution in [3.63, 3.8) is 0 Å². The Labute approximate surface area is 129 Å². The van der Waals surface area contributed by atoms with E-state index in [1.54, 1.807) is 7.11 Å². The van der Waals surface area contributed by atoms with E-state index < -0.39 is 0 Å². The number of ether oxygens (including phenoxy) is 2. The van der Waals surface area contributed by atoms with Crippen LogP contribution in [0.15, 0.2) is 18.2 Å². The first-order valence-electron chi connectivity index (χ1n) is 7.03. The molecule has 2 heterocycles. The highest BCUT2D eigenvalue weighted by Crippen LogP contribution is 2.39. The standard InChI is InChI=1S/C15H20ClNO2S/c1-18-14-3-2-11(16)8-13(14)17-12-4-6-19-15(9-12)5-7-20-10-15/h2-3,8,12,17H,4-7,9-10H2,1H3. The first-order valence-corrected chi connectivity index (χ1v) is 8.56. The third kappa shape index (κ3) is 3.02. The van der Waals surface area contributed by atoms with Crippen molar-refractivity contribution in [1.82, 2.24) is 0 Å². The SMILES string of the molecule is COc1ccc(Cl)cc1NC1CCOC2(CCSC2)C1. The van der Waals surface area contributed by atoms with Gasteiger partial charge in [0.2, 0.25) is 0 Å². The Bertz CT molecular complexity index is 477. The molecule has 1 aromatic rings. The monoisotopic (exact) mass is 313 g/mol. The number of hydrogen-bond acceptors (Lipinski definition) is 4. The molecule has 0 aromatic heterocycles. The molecule has 1 N–H and O–H groups in total. The maximum Gasteiger partial charge on any atom is 0.142 e. The summed E-state index contributed by atoms with van der Waals surface area (Å²) in [6.45, 7) is 0.834. The van der Waals surface area contributed by atoms with E-state index in [0.29, 0.717) is 6.04 Å². The smallest absolute Gasteiger partial charge is 0.142 e. The molecule has 2 saturated heterocycles. The number of methoxy groups -OCH3 is 1. The lowest BCUT2D eigenvalue weighted by atomic mass is 9.89. The zero-order valence-corrected chi connectivity index (χ0v) is 13.2. The molecule has 2 fully saturated rings. The molecule has 0 saturated carbocycles. The summed E-state index contributed by atoms with van der Waals surface area (Å²) in [6.07, 6.45) is 3.26. The van der Waals surface area contributed by atoms with Gasteiger partial charge in [-0.3, -0.25) is 0 Å². The van der Waals surface area contributed by atoms with Gasteiger partial charge in [-0.25, -0.2) is 0 Å². The Hall–Kier alpha value is -0.580. The Morgan fingerprint density at radius 1 is 1.50 bits per heavy atom. The van der Waals surface area contributed by atoms with Crippen LogP contribution in [0.3, 0.4) is 0 Å². The van der Waals surface area contributed by atoms with E-state index in [4.69, 9.17) is 21.1 Å². The van der Waals surface area contributed by atoms with Crippen LogP contribution in [0.25, 0.3) is 0 Å². The summed E-state index contributed by atoms with van der Waals surface area (Å²) in [7, 11) is 1.69. The van der Waals surface area contributed by atoms with Gasteiger partial charge in [0.1, 0.15) is 5.75 Å². The maximum absolute atomic E-state index is 6.09. The number of halogens is 1. The van der Waals surface area contributed by atoms with E-state index in [-0.39, 0.29) is 5.60 Å². The quantitative estimate of drug-likeness (QED) is 0.919. The predicted octanol–water partition coefficient (Wildman–Crippen LogP) is 3.82. The molecule has 2 atom stereocenters. The van der Waals surface area contributed by atoms with Gasteiger partial charge in [-0.1, -0.05) is 11.6 Å². The second kappa shape index (κ2) is 6.04. The van der Waals surface area contributed by atoms with E-state index in [1.807, 2.05) is 30.0 Å². The van der Waals surface area contributed by atoms with Crippen LogP contribution in [0, 0.1) is 0 Å². The van der Waals surface area contributed by atoms with Crippen LogP contribution in [0.5, 0.6) is 5.75 Å². The highest BCUT2D eigenvalue weighted by Gasteiger charge is 2.40. The molecule has 2 aliphatic rings. The largest absolute Gasteiger partial charge is 0.495 e. The van der Waals surface area contributed by atoms with Gasteiger partial charge < -0.3 is 14.8 Å². The molecule has 1 aromatic carbocycles. The molecule has 110 valence electrons. The van der Waals surface area contributed by atoms with Crippen LogP contribution in [-0.2, 0) is 4.74 Å². The van der Waals surface area contributed by atoms with Gasteiger partial charge in [0.15, 0.2) is 0 Å². The molecule has 2 unspecified atom stereocenters. The van der Waals surface area contributed by atoms with Crippen LogP contribution < -0.4 is 10.1 Å². The highest BCUT2D eigenvalue weighted by atomic mass is 35.5. The molecule has 20 heavy (non-hydrogen) atoms. The van der Waals surface area contributed by atoms with Crippen molar-refractivity contribution in [2.24, 2.45) is 0 Å². The second-order valence-electron chi connectivity index (χ2n) is 5.51. The van der Waals surface area contributed by atoms with Gasteiger partial charge >= 0.3 is 0 Å². The maximum atomic E-state index is 6.09. The first kappa shape index (κ1) is 14.4. The van der Waals surface area contributed by atoms with Crippen LogP contribution in [0.4, 0.5) is 5.69 Å². The van der Waals surface area contributed by atoms with Gasteiger partial charge in [0.25, 0.3) is 0 Å². The fourth-order valence-electron chi connectivity index (χ4n) is 3.03. The number of nitrogens with one attached hydrogen (secondary N) is 1. The molecule has 0 aliphatic carbocycles. The van der Waals surface area contributed by atoms with E-state index in [1.165, 1.54) is 12.2 Å². The third-order valence-electron chi connectivity index (χ3n) is 4.08. The van der Waals surface area contributed by atoms with Crippen molar-refractivity contribution in [3.8, 4) is 5.75 Å². The lowest BCUT2D eigenvalue weighted by molar-refractivity contribution is -0.0628. The lowest BCUT2D eigenvalue weighted by Crippen LogP contribution is -2.44. The summed E-state index contributed by atoms with van der Waals surface area (Å²) in [5.74, 6) is 3.18. The molecule has 3 nitrogen and oxygen atoms in total. The zero-order chi connectivity index (χ0) is 14.0. The van der Waals surface area contributed by atoms with Crippen molar-refractivity contribution >= 4 is 29.1 Å². The predicted molar refractivity (Wildman–Crippen MR) is 85.3 cm³/mol. The second-order valence-corrected chi connectivity index (χ2v) is 7.05. The Morgan fingerprint density at radius 3 is 3.15 bits per heavy atom. The molecule has 1 spiro atoms. The number of thioether (sulfide) groups is 1. The highest BCUT2D eigenvalue weighted by molar-refractivity contribution is 7.99. The molecule has 5 heteroatoms. The van der Waals surface area contributed by atoms with Crippen molar-refractivity contribution in [2.75, 3.05) is 30.5 Å². The molecular formula is C15H20ClNO2S. The van der Waals surface area contributed by atoms with Gasteiger partial charge in [0.05, 0.1) is 18.4 Å². The normalized spacial score (nSPS) is 29.6. The van der Waals surface area contributed by atoms with E-state index in [0.717, 1.165) is 41.7 Å². The van der Waals surface area contributed by atoms with Gasteiger partial charge in [-0.2, -0.15) is 11.8 Å². The van der Waals surface area contributed by atoms with Crippen molar-refractivity contribution in [2.45, 2.75) is 30.9 Å². The van der Waals surface area contributed by atoms with E-state index >= 15 is 0 Å². The van der Waals surface area contributed by atoms with Gasteiger partial charge in [-0.05, 0) is 43.2 Å². The van der Waals surface area contributed by atoms with Crippen LogP contribution in [-0.4, -0.2) is 36.9 Å². The minimum Gasteiger partial charge on any atom is -0.495 e. The molecule has 3 rings (SSSR count). The molecular weight excluding hydrogens is 294 g/mol. The summed E-state index contributed by atoms with van der Waals surface area (Å²) in [6, 6.07) is 6.12. The number of benzene rings is 1. The van der Waals surface area contributed by atoms with Crippen LogP contribution in [0.2, 0.25) is 5.02 Å². The van der Waals surface area contributed by atoms with Gasteiger partial charge in [0, 0.05) is 23.4 Å². The average molecular weight is 314 g/mol. The summed E-state index contributed by atoms with van der Waals surface area (Å²) < 4.78 is 11.5. The minimum absolute atomic E-state index is 0.0897. The number of anilines is 1. The summed E-state index contributed by atoms with van der Waals surface area (Å²) in [4.78, 5) is 0. The number of hydrogen-bond donors (Lipinski definition) is 1. The average Bonchev–Trinajstić information content (AvgIpc) is 2.87. The molecule has 0 radical (unpaired) electrons. The Kier molecular flexibility index (Phi) is 4.34. The fraction of sp³-hybridized carbons (Fsp3) is 0.600. The Balaban J connectivity index is 1.72. The summed E-state index contributed by atoms with van der Waals surface area (Å²) in [5, 5.41) is 4.32. The first-order chi connectivity index (χ1) is 9.71. The lowest BCUT2D eigenvalue weighted by Gasteiger charge is -2.38. The van der Waals surface area contributed by atoms with Crippen LogP contribution in [0.1, 0.15) is 19.3 Å². The Morgan fingerprint density at radius 2 is 2.40 bits per heavy atom. The molecule has 0 bridgehead atoms. The van der Waals surface area contributed by atoms with E-state index in [9.17, 15) is 0 Å². The van der Waals surface area contributed by atoms with Crippen molar-refractivity contribution < 1.29 is 9.47 Å².